The number of unbranched alkanes of at least 4 members (excludes halogenated alkanes) is 1. The van der Waals surface area contributed by atoms with Gasteiger partial charge < -0.3 is 10.6 Å². The van der Waals surface area contributed by atoms with Gasteiger partial charge in [0, 0.05) is 18.6 Å². The van der Waals surface area contributed by atoms with Crippen LogP contribution >= 0.6 is 24.0 Å². The molecule has 0 aromatic heterocycles. The van der Waals surface area contributed by atoms with Crippen molar-refractivity contribution in [3.05, 3.63) is 0 Å². The molecule has 0 amide bonds. The molecule has 0 aromatic carbocycles. The maximum atomic E-state index is 11.6. The first-order valence-electron chi connectivity index (χ1n) is 9.53. The molecule has 25 heavy (non-hydrogen) atoms. The summed E-state index contributed by atoms with van der Waals surface area (Å²) in [6.07, 6.45) is 6.95. The molecule has 0 radical (unpaired) electrons. The number of rotatable bonds is 7. The van der Waals surface area contributed by atoms with Gasteiger partial charge in [-0.2, -0.15) is 0 Å². The van der Waals surface area contributed by atoms with E-state index in [1.54, 1.807) is 0 Å². The van der Waals surface area contributed by atoms with Gasteiger partial charge in [0.1, 0.15) is 0 Å². The van der Waals surface area contributed by atoms with Crippen molar-refractivity contribution in [3.63, 3.8) is 0 Å². The lowest BCUT2D eigenvalue weighted by Gasteiger charge is -2.35. The summed E-state index contributed by atoms with van der Waals surface area (Å²) < 4.78 is 23.2. The molecule has 2 saturated heterocycles. The van der Waals surface area contributed by atoms with E-state index in [0.717, 1.165) is 19.0 Å². The minimum absolute atomic E-state index is 0. The number of aliphatic imine (C=N–C) groups is 1. The first-order chi connectivity index (χ1) is 11.5. The number of nitrogens with one attached hydrogen (secondary N) is 2. The maximum absolute atomic E-state index is 11.6. The van der Waals surface area contributed by atoms with Gasteiger partial charge in [0.15, 0.2) is 15.8 Å². The zero-order valence-corrected chi connectivity index (χ0v) is 18.8. The van der Waals surface area contributed by atoms with Crippen molar-refractivity contribution in [3.8, 4) is 0 Å². The second-order valence-electron chi connectivity index (χ2n) is 7.00. The molecule has 2 atom stereocenters. The molecule has 2 N–H and O–H groups in total. The lowest BCUT2D eigenvalue weighted by Crippen LogP contribution is -2.46. The van der Waals surface area contributed by atoms with Crippen molar-refractivity contribution in [1.29, 1.82) is 0 Å². The maximum Gasteiger partial charge on any atom is 0.191 e. The van der Waals surface area contributed by atoms with Crippen LogP contribution < -0.4 is 10.6 Å². The Kier molecular flexibility index (Phi) is 10.6. The summed E-state index contributed by atoms with van der Waals surface area (Å²) >= 11 is 0. The monoisotopic (exact) mass is 486 g/mol. The number of guanidine groups is 1. The third kappa shape index (κ3) is 7.99. The van der Waals surface area contributed by atoms with Crippen molar-refractivity contribution in [2.45, 2.75) is 64.5 Å². The Labute approximate surface area is 170 Å². The number of halogens is 1. The third-order valence-corrected chi connectivity index (χ3v) is 6.69. The molecule has 148 valence electrons. The summed E-state index contributed by atoms with van der Waals surface area (Å²) in [5.41, 5.74) is 0. The van der Waals surface area contributed by atoms with E-state index in [9.17, 15) is 8.42 Å². The van der Waals surface area contributed by atoms with Gasteiger partial charge in [0.25, 0.3) is 0 Å². The van der Waals surface area contributed by atoms with Gasteiger partial charge in [-0.3, -0.25) is 9.89 Å². The Morgan fingerprint density at radius 2 is 2.04 bits per heavy atom. The Morgan fingerprint density at radius 1 is 1.24 bits per heavy atom. The standard InChI is InChI=1S/C17H34N4O2S.HI/c1-3-5-10-21-11-7-6-8-16(21)13-19-17(18-4-2)20-15-9-12-24(22,23)14-15;/h15-16H,3-14H2,1-2H3,(H2,18,19,20);1H. The summed E-state index contributed by atoms with van der Waals surface area (Å²) in [6, 6.07) is 0.517. The topological polar surface area (TPSA) is 73.8 Å². The summed E-state index contributed by atoms with van der Waals surface area (Å²) in [5, 5.41) is 6.57. The van der Waals surface area contributed by atoms with E-state index in [-0.39, 0.29) is 41.5 Å². The van der Waals surface area contributed by atoms with Gasteiger partial charge in [-0.15, -0.1) is 24.0 Å². The fourth-order valence-corrected chi connectivity index (χ4v) is 5.21. The average molecular weight is 486 g/mol. The van der Waals surface area contributed by atoms with Crippen LogP contribution in [0, 0.1) is 0 Å². The van der Waals surface area contributed by atoms with E-state index in [2.05, 4.69) is 22.5 Å². The van der Waals surface area contributed by atoms with Gasteiger partial charge in [-0.25, -0.2) is 8.42 Å². The second-order valence-corrected chi connectivity index (χ2v) is 9.23. The number of nitrogens with zero attached hydrogens (tertiary/aromatic N) is 2. The van der Waals surface area contributed by atoms with Crippen molar-refractivity contribution in [1.82, 2.24) is 15.5 Å². The van der Waals surface area contributed by atoms with Crippen LogP contribution in [0.4, 0.5) is 0 Å². The van der Waals surface area contributed by atoms with E-state index in [1.165, 1.54) is 45.2 Å². The molecule has 2 aliphatic rings. The summed E-state index contributed by atoms with van der Waals surface area (Å²) in [5.74, 6) is 1.28. The predicted molar refractivity (Wildman–Crippen MR) is 116 cm³/mol. The van der Waals surface area contributed by atoms with Crippen LogP contribution in [0.25, 0.3) is 0 Å². The van der Waals surface area contributed by atoms with Gasteiger partial charge >= 0.3 is 0 Å². The molecule has 0 aliphatic carbocycles. The molecule has 2 fully saturated rings. The quantitative estimate of drug-likeness (QED) is 0.327. The number of likely N-dealkylation sites (tertiary alicyclic amines) is 1. The van der Waals surface area contributed by atoms with E-state index in [0.29, 0.717) is 12.5 Å². The van der Waals surface area contributed by atoms with Gasteiger partial charge in [0.05, 0.1) is 18.1 Å². The third-order valence-electron chi connectivity index (χ3n) is 4.93. The lowest BCUT2D eigenvalue weighted by molar-refractivity contribution is 0.151. The zero-order chi connectivity index (χ0) is 17.4. The smallest absolute Gasteiger partial charge is 0.191 e. The molecule has 8 heteroatoms. The van der Waals surface area contributed by atoms with Crippen molar-refractivity contribution < 1.29 is 8.42 Å². The minimum atomic E-state index is -2.86. The molecule has 0 aromatic rings. The Morgan fingerprint density at radius 3 is 2.68 bits per heavy atom. The molecule has 2 rings (SSSR count). The Hall–Kier alpha value is -0.0900. The molecular weight excluding hydrogens is 451 g/mol. The molecule has 6 nitrogen and oxygen atoms in total. The van der Waals surface area contributed by atoms with E-state index in [4.69, 9.17) is 4.99 Å². The normalized spacial score (nSPS) is 26.9. The minimum Gasteiger partial charge on any atom is -0.357 e. The molecular formula is C17H35IN4O2S. The predicted octanol–water partition coefficient (Wildman–Crippen LogP) is 2.00. The van der Waals surface area contributed by atoms with E-state index in [1.807, 2.05) is 6.92 Å². The Balaban J connectivity index is 0.00000312. The van der Waals surface area contributed by atoms with Gasteiger partial charge in [-0.1, -0.05) is 19.8 Å². The van der Waals surface area contributed by atoms with E-state index >= 15 is 0 Å². The van der Waals surface area contributed by atoms with Crippen molar-refractivity contribution in [2.24, 2.45) is 4.99 Å². The second kappa shape index (κ2) is 11.6. The first-order valence-corrected chi connectivity index (χ1v) is 11.4. The number of piperidine rings is 1. The van der Waals surface area contributed by atoms with Crippen LogP contribution in [0.5, 0.6) is 0 Å². The van der Waals surface area contributed by atoms with Crippen LogP contribution in [0.15, 0.2) is 4.99 Å². The number of hydrogen-bond donors (Lipinski definition) is 2. The lowest BCUT2D eigenvalue weighted by atomic mass is 10.0. The van der Waals surface area contributed by atoms with Crippen LogP contribution in [0.3, 0.4) is 0 Å². The first kappa shape index (κ1) is 23.0. The van der Waals surface area contributed by atoms with E-state index < -0.39 is 9.84 Å². The summed E-state index contributed by atoms with van der Waals surface area (Å²) in [6.45, 7) is 8.21. The fourth-order valence-electron chi connectivity index (χ4n) is 3.54. The van der Waals surface area contributed by atoms with Crippen LogP contribution in [-0.4, -0.2) is 69.0 Å². The van der Waals surface area contributed by atoms with Crippen molar-refractivity contribution in [2.75, 3.05) is 37.7 Å². The van der Waals surface area contributed by atoms with Crippen LogP contribution in [0.1, 0.15) is 52.4 Å². The van der Waals surface area contributed by atoms with Crippen molar-refractivity contribution >= 4 is 39.8 Å². The summed E-state index contributed by atoms with van der Waals surface area (Å²) in [7, 11) is -2.86. The zero-order valence-electron chi connectivity index (χ0n) is 15.7. The highest BCUT2D eigenvalue weighted by molar-refractivity contribution is 14.0. The molecule has 0 saturated carbocycles. The highest BCUT2D eigenvalue weighted by Crippen LogP contribution is 2.18. The number of sulfone groups is 1. The highest BCUT2D eigenvalue weighted by Gasteiger charge is 2.28. The molecule has 2 aliphatic heterocycles. The molecule has 2 unspecified atom stereocenters. The average Bonchev–Trinajstić information content (AvgIpc) is 2.90. The van der Waals surface area contributed by atoms with Gasteiger partial charge in [0.2, 0.25) is 0 Å². The number of hydrogen-bond acceptors (Lipinski definition) is 4. The molecule has 0 spiro atoms. The summed E-state index contributed by atoms with van der Waals surface area (Å²) in [4.78, 5) is 7.35. The van der Waals surface area contributed by atoms with Crippen LogP contribution in [0.2, 0.25) is 0 Å². The molecule has 2 heterocycles. The fraction of sp³-hybridized carbons (Fsp3) is 0.941. The highest BCUT2D eigenvalue weighted by atomic mass is 127. The molecule has 0 bridgehead atoms. The largest absolute Gasteiger partial charge is 0.357 e. The SMILES string of the molecule is CCCCN1CCCCC1CN=C(NCC)NC1CCS(=O)(=O)C1.I. The van der Waals surface area contributed by atoms with Gasteiger partial charge in [-0.05, 0) is 45.7 Å². The van der Waals surface area contributed by atoms with Crippen LogP contribution in [-0.2, 0) is 9.84 Å². The Bertz CT molecular complexity index is 513.